The summed E-state index contributed by atoms with van der Waals surface area (Å²) in [5, 5.41) is 12.0. The van der Waals surface area contributed by atoms with E-state index in [4.69, 9.17) is 9.47 Å². The summed E-state index contributed by atoms with van der Waals surface area (Å²) in [6.45, 7) is 2.63. The second kappa shape index (κ2) is 8.39. The molecule has 27 heavy (non-hydrogen) atoms. The number of halogens is 2. The van der Waals surface area contributed by atoms with Gasteiger partial charge in [0.2, 0.25) is 0 Å². The number of hydrogen-bond donors (Lipinski definition) is 2. The Hall–Kier alpha value is -1.93. The number of benzene rings is 1. The Balaban J connectivity index is 1.57. The Labute approximate surface area is 157 Å². The molecule has 0 aromatic heterocycles. The number of aliphatic hydroxyl groups is 1. The third-order valence-electron chi connectivity index (χ3n) is 4.95. The molecule has 3 rings (SSSR count). The predicted molar refractivity (Wildman–Crippen MR) is 95.0 cm³/mol. The predicted octanol–water partition coefficient (Wildman–Crippen LogP) is 2.46. The number of rotatable bonds is 5. The molecule has 2 N–H and O–H groups in total. The molecule has 8 heteroatoms. The second-order valence-electron chi connectivity index (χ2n) is 7.20. The summed E-state index contributed by atoms with van der Waals surface area (Å²) in [6.07, 6.45) is 0.236. The van der Waals surface area contributed by atoms with E-state index in [1.165, 1.54) is 0 Å². The average Bonchev–Trinajstić information content (AvgIpc) is 3.14. The van der Waals surface area contributed by atoms with Crippen molar-refractivity contribution in [1.82, 2.24) is 10.2 Å². The van der Waals surface area contributed by atoms with Gasteiger partial charge in [0.25, 0.3) is 5.92 Å². The van der Waals surface area contributed by atoms with E-state index in [2.05, 4.69) is 5.32 Å². The van der Waals surface area contributed by atoms with Gasteiger partial charge in [-0.3, -0.25) is 0 Å². The van der Waals surface area contributed by atoms with Gasteiger partial charge in [0.15, 0.2) is 0 Å². The molecule has 0 aliphatic carbocycles. The molecule has 2 unspecified atom stereocenters. The number of piperidine rings is 1. The molecule has 0 radical (unpaired) electrons. The lowest BCUT2D eigenvalue weighted by Gasteiger charge is -2.35. The van der Waals surface area contributed by atoms with Gasteiger partial charge < -0.3 is 24.8 Å². The number of nitrogens with zero attached hydrogens (tertiary/aromatic N) is 1. The summed E-state index contributed by atoms with van der Waals surface area (Å²) in [5.74, 6) is -2.63. The molecule has 2 amide bonds. The molecule has 6 nitrogen and oxygen atoms in total. The molecule has 150 valence electrons. The molecule has 2 heterocycles. The van der Waals surface area contributed by atoms with Crippen LogP contribution >= 0.6 is 0 Å². The lowest BCUT2D eigenvalue weighted by atomic mass is 10.0. The van der Waals surface area contributed by atoms with E-state index < -0.39 is 24.6 Å². The van der Waals surface area contributed by atoms with Gasteiger partial charge in [-0.2, -0.15) is 0 Å². The fourth-order valence-electron chi connectivity index (χ4n) is 3.28. The normalized spacial score (nSPS) is 24.7. The number of likely N-dealkylation sites (tertiary alicyclic amines) is 1. The molecule has 1 aromatic carbocycles. The van der Waals surface area contributed by atoms with Crippen LogP contribution in [0.1, 0.15) is 30.4 Å². The molecule has 2 aliphatic rings. The fourth-order valence-corrected chi connectivity index (χ4v) is 3.28. The van der Waals surface area contributed by atoms with Crippen LogP contribution in [-0.2, 0) is 11.3 Å². The van der Waals surface area contributed by atoms with Gasteiger partial charge in [-0.25, -0.2) is 13.6 Å². The van der Waals surface area contributed by atoms with Crippen molar-refractivity contribution in [2.24, 2.45) is 0 Å². The van der Waals surface area contributed by atoms with E-state index in [1.54, 1.807) is 0 Å². The molecule has 2 aliphatic heterocycles. The Morgan fingerprint density at radius 1 is 1.44 bits per heavy atom. The quantitative estimate of drug-likeness (QED) is 0.818. The van der Waals surface area contributed by atoms with Crippen LogP contribution in [0.25, 0.3) is 0 Å². The fraction of sp³-hybridized carbons (Fsp3) is 0.632. The first-order valence-corrected chi connectivity index (χ1v) is 9.28. The van der Waals surface area contributed by atoms with Crippen molar-refractivity contribution in [3.63, 3.8) is 0 Å². The van der Waals surface area contributed by atoms with Crippen molar-refractivity contribution in [3.05, 3.63) is 29.3 Å². The van der Waals surface area contributed by atoms with Crippen molar-refractivity contribution in [3.8, 4) is 5.75 Å². The van der Waals surface area contributed by atoms with Crippen LogP contribution in [0, 0.1) is 6.92 Å². The Morgan fingerprint density at radius 2 is 2.26 bits per heavy atom. The van der Waals surface area contributed by atoms with Crippen molar-refractivity contribution in [1.29, 1.82) is 0 Å². The molecule has 2 saturated heterocycles. The summed E-state index contributed by atoms with van der Waals surface area (Å²) < 4.78 is 38.7. The lowest BCUT2D eigenvalue weighted by Crippen LogP contribution is -2.55. The first kappa shape index (κ1) is 19.8. The van der Waals surface area contributed by atoms with Crippen LogP contribution in [0.3, 0.4) is 0 Å². The minimum absolute atomic E-state index is 0.0787. The van der Waals surface area contributed by atoms with Crippen molar-refractivity contribution in [2.75, 3.05) is 26.3 Å². The first-order chi connectivity index (χ1) is 12.8. The number of aryl methyl sites for hydroxylation is 1. The molecule has 0 bridgehead atoms. The maximum Gasteiger partial charge on any atom is 0.317 e. The van der Waals surface area contributed by atoms with Gasteiger partial charge >= 0.3 is 6.03 Å². The SMILES string of the molecule is Cc1ccc(CNC(=O)N2CCC(O)C(F)(F)C2)c(OCC2CCCO2)c1. The number of urea groups is 1. The lowest BCUT2D eigenvalue weighted by molar-refractivity contribution is -0.141. The van der Waals surface area contributed by atoms with E-state index in [0.717, 1.165) is 35.5 Å². The van der Waals surface area contributed by atoms with Gasteiger partial charge in [0, 0.05) is 25.3 Å². The van der Waals surface area contributed by atoms with E-state index in [-0.39, 0.29) is 25.6 Å². The van der Waals surface area contributed by atoms with Gasteiger partial charge in [-0.15, -0.1) is 0 Å². The molecule has 0 spiro atoms. The molecular weight excluding hydrogens is 358 g/mol. The van der Waals surface area contributed by atoms with Crippen molar-refractivity contribution in [2.45, 2.75) is 50.9 Å². The van der Waals surface area contributed by atoms with Crippen LogP contribution in [0.5, 0.6) is 5.75 Å². The highest BCUT2D eigenvalue weighted by molar-refractivity contribution is 5.74. The molecule has 2 atom stereocenters. The third-order valence-corrected chi connectivity index (χ3v) is 4.95. The monoisotopic (exact) mass is 384 g/mol. The van der Waals surface area contributed by atoms with E-state index >= 15 is 0 Å². The van der Waals surface area contributed by atoms with Gasteiger partial charge in [-0.1, -0.05) is 12.1 Å². The first-order valence-electron chi connectivity index (χ1n) is 9.28. The van der Waals surface area contributed by atoms with Crippen LogP contribution in [-0.4, -0.2) is 60.5 Å². The van der Waals surface area contributed by atoms with Crippen LogP contribution in [0.4, 0.5) is 13.6 Å². The Morgan fingerprint density at radius 3 is 2.96 bits per heavy atom. The van der Waals surface area contributed by atoms with Crippen LogP contribution < -0.4 is 10.1 Å². The minimum atomic E-state index is -3.28. The number of hydrogen-bond acceptors (Lipinski definition) is 4. The highest BCUT2D eigenvalue weighted by atomic mass is 19.3. The number of ether oxygens (including phenoxy) is 2. The van der Waals surface area contributed by atoms with Crippen molar-refractivity contribution >= 4 is 6.03 Å². The van der Waals surface area contributed by atoms with Crippen LogP contribution in [0.2, 0.25) is 0 Å². The molecule has 0 saturated carbocycles. The smallest absolute Gasteiger partial charge is 0.317 e. The highest BCUT2D eigenvalue weighted by Gasteiger charge is 2.44. The Bertz CT molecular complexity index is 665. The van der Waals surface area contributed by atoms with Crippen molar-refractivity contribution < 1.29 is 28.2 Å². The average molecular weight is 384 g/mol. The number of carbonyl (C=O) groups excluding carboxylic acids is 1. The van der Waals surface area contributed by atoms with E-state index in [9.17, 15) is 18.7 Å². The van der Waals surface area contributed by atoms with Gasteiger partial charge in [-0.05, 0) is 37.8 Å². The third kappa shape index (κ3) is 5.07. The number of amides is 2. The Kier molecular flexibility index (Phi) is 6.16. The number of alkyl halides is 2. The zero-order valence-corrected chi connectivity index (χ0v) is 15.4. The summed E-state index contributed by atoms with van der Waals surface area (Å²) in [5.41, 5.74) is 1.80. The summed E-state index contributed by atoms with van der Waals surface area (Å²) >= 11 is 0. The number of carbonyl (C=O) groups is 1. The van der Waals surface area contributed by atoms with Gasteiger partial charge in [0.1, 0.15) is 18.5 Å². The number of aliphatic hydroxyl groups excluding tert-OH is 1. The highest BCUT2D eigenvalue weighted by Crippen LogP contribution is 2.27. The van der Waals surface area contributed by atoms with E-state index in [0.29, 0.717) is 12.4 Å². The standard InChI is InChI=1S/C19H26F2N2O4/c1-13-4-5-14(16(9-13)27-11-15-3-2-8-26-15)10-22-18(25)23-7-6-17(24)19(20,21)12-23/h4-5,9,15,17,24H,2-3,6-8,10-12H2,1H3,(H,22,25). The zero-order chi connectivity index (χ0) is 19.4. The molecule has 2 fully saturated rings. The second-order valence-corrected chi connectivity index (χ2v) is 7.20. The minimum Gasteiger partial charge on any atom is -0.491 e. The summed E-state index contributed by atoms with van der Waals surface area (Å²) in [7, 11) is 0. The largest absolute Gasteiger partial charge is 0.491 e. The summed E-state index contributed by atoms with van der Waals surface area (Å²) in [4.78, 5) is 13.3. The zero-order valence-electron chi connectivity index (χ0n) is 15.4. The number of nitrogens with one attached hydrogen (secondary N) is 1. The molecule has 1 aromatic rings. The van der Waals surface area contributed by atoms with E-state index in [1.807, 2.05) is 25.1 Å². The maximum absolute atomic E-state index is 13.6. The molecular formula is C19H26F2N2O4. The maximum atomic E-state index is 13.6. The van der Waals surface area contributed by atoms with Gasteiger partial charge in [0.05, 0.1) is 12.6 Å². The van der Waals surface area contributed by atoms with Crippen LogP contribution in [0.15, 0.2) is 18.2 Å². The topological polar surface area (TPSA) is 71.0 Å². The summed E-state index contributed by atoms with van der Waals surface area (Å²) in [6, 6.07) is 5.08.